The van der Waals surface area contributed by atoms with Crippen molar-refractivity contribution >= 4 is 40.2 Å². The van der Waals surface area contributed by atoms with Gasteiger partial charge in [-0.2, -0.15) is 28.2 Å². The second-order valence-electron chi connectivity index (χ2n) is 9.73. The number of alkyl halides is 3. The number of rotatable bonds is 3. The number of urea groups is 1. The number of amides is 2. The predicted molar refractivity (Wildman–Crippen MR) is 137 cm³/mol. The minimum absolute atomic E-state index is 0.0413. The van der Waals surface area contributed by atoms with E-state index in [1.807, 2.05) is 0 Å². The molecule has 39 heavy (non-hydrogen) atoms. The average Bonchev–Trinajstić information content (AvgIpc) is 3.44. The highest BCUT2D eigenvalue weighted by Gasteiger charge is 2.38. The van der Waals surface area contributed by atoms with Crippen molar-refractivity contribution in [2.24, 2.45) is 7.05 Å². The minimum Gasteiger partial charge on any atom is -0.494 e. The van der Waals surface area contributed by atoms with E-state index >= 15 is 0 Å². The van der Waals surface area contributed by atoms with Crippen LogP contribution in [-0.4, -0.2) is 82.1 Å². The molecule has 2 aromatic heterocycles. The fourth-order valence-corrected chi connectivity index (χ4v) is 4.62. The van der Waals surface area contributed by atoms with Crippen molar-refractivity contribution in [2.45, 2.75) is 32.0 Å². The number of piperazine rings is 1. The number of hydrogen-bond acceptors (Lipinski definition) is 8. The van der Waals surface area contributed by atoms with Gasteiger partial charge in [0.2, 0.25) is 0 Å². The van der Waals surface area contributed by atoms with E-state index in [2.05, 4.69) is 50.6 Å². The number of pyridine rings is 1. The maximum atomic E-state index is 13.2. The van der Waals surface area contributed by atoms with E-state index in [1.54, 1.807) is 37.4 Å². The van der Waals surface area contributed by atoms with Crippen LogP contribution in [0.4, 0.5) is 35.2 Å². The molecule has 3 aromatic rings. The van der Waals surface area contributed by atoms with Crippen molar-refractivity contribution in [3.8, 4) is 5.75 Å². The Morgan fingerprint density at radius 2 is 1.85 bits per heavy atom. The summed E-state index contributed by atoms with van der Waals surface area (Å²) in [5.74, 6) is -1.50. The summed E-state index contributed by atoms with van der Waals surface area (Å²) in [4.78, 5) is 32.3. The Morgan fingerprint density at radius 1 is 1.18 bits per heavy atom. The maximum Gasteiger partial charge on any atom is 0.490 e. The number of carbonyl (C=O) groups excluding carboxylic acids is 1. The lowest BCUT2D eigenvalue weighted by atomic mass is 10.0. The number of benzene rings is 1. The third-order valence-corrected chi connectivity index (χ3v) is 6.29. The normalized spacial score (nSPS) is 16.4. The third-order valence-electron chi connectivity index (χ3n) is 6.29. The number of carboxylic acids is 1. The molecule has 1 saturated heterocycles. The van der Waals surface area contributed by atoms with Crippen LogP contribution < -0.4 is 25.2 Å². The topological polar surface area (TPSA) is 138 Å². The third kappa shape index (κ3) is 6.13. The number of fused-ring (bicyclic) bond motifs is 2. The Morgan fingerprint density at radius 3 is 2.46 bits per heavy atom. The number of nitrogens with zero attached hydrogens (tertiary/aromatic N) is 6. The molecule has 12 nitrogen and oxygen atoms in total. The average molecular weight is 551 g/mol. The molecule has 0 bridgehead atoms. The van der Waals surface area contributed by atoms with E-state index in [0.717, 1.165) is 37.4 Å². The molecule has 0 spiro atoms. The van der Waals surface area contributed by atoms with Gasteiger partial charge in [-0.1, -0.05) is 0 Å². The molecule has 1 fully saturated rings. The molecule has 4 heterocycles. The van der Waals surface area contributed by atoms with E-state index in [0.29, 0.717) is 29.0 Å². The van der Waals surface area contributed by atoms with Crippen molar-refractivity contribution in [3.63, 3.8) is 0 Å². The van der Waals surface area contributed by atoms with E-state index in [4.69, 9.17) is 14.6 Å². The van der Waals surface area contributed by atoms with Crippen LogP contribution in [-0.2, 0) is 18.3 Å². The van der Waals surface area contributed by atoms with Crippen LogP contribution in [0, 0.1) is 0 Å². The molecule has 2 amide bonds. The van der Waals surface area contributed by atoms with Gasteiger partial charge in [0.25, 0.3) is 0 Å². The van der Waals surface area contributed by atoms with Crippen molar-refractivity contribution in [3.05, 3.63) is 30.0 Å². The van der Waals surface area contributed by atoms with Crippen molar-refractivity contribution < 1.29 is 32.6 Å². The molecule has 1 aromatic carbocycles. The number of aliphatic carboxylic acids is 1. The molecular formula is C24H29F3N8O4. The zero-order valence-corrected chi connectivity index (χ0v) is 21.8. The van der Waals surface area contributed by atoms with Crippen LogP contribution in [0.25, 0.3) is 11.0 Å². The summed E-state index contributed by atoms with van der Waals surface area (Å²) in [6.07, 6.45) is -2.52. The van der Waals surface area contributed by atoms with E-state index in [1.165, 1.54) is 10.5 Å². The van der Waals surface area contributed by atoms with Gasteiger partial charge in [-0.05, 0) is 32.4 Å². The first-order valence-corrected chi connectivity index (χ1v) is 12.0. The quantitative estimate of drug-likeness (QED) is 0.450. The van der Waals surface area contributed by atoms with Gasteiger partial charge < -0.3 is 25.4 Å². The van der Waals surface area contributed by atoms with E-state index in [-0.39, 0.29) is 11.6 Å². The summed E-state index contributed by atoms with van der Waals surface area (Å²) in [6, 6.07) is 5.38. The summed E-state index contributed by atoms with van der Waals surface area (Å²) in [6.45, 7) is 7.77. The van der Waals surface area contributed by atoms with Gasteiger partial charge in [0.15, 0.2) is 0 Å². The molecule has 5 rings (SSSR count). The van der Waals surface area contributed by atoms with Gasteiger partial charge in [0, 0.05) is 62.3 Å². The van der Waals surface area contributed by atoms with Gasteiger partial charge >= 0.3 is 18.2 Å². The second-order valence-corrected chi connectivity index (χ2v) is 9.73. The molecule has 2 aliphatic rings. The summed E-state index contributed by atoms with van der Waals surface area (Å²) in [5.41, 5.74) is 4.28. The zero-order chi connectivity index (χ0) is 28.5. The highest BCUT2D eigenvalue weighted by atomic mass is 19.4. The molecule has 210 valence electrons. The number of aromatic nitrogens is 4. The fourth-order valence-electron chi connectivity index (χ4n) is 4.62. The Labute approximate surface area is 221 Å². The van der Waals surface area contributed by atoms with Gasteiger partial charge in [-0.25, -0.2) is 14.6 Å². The molecule has 0 unspecified atom stereocenters. The van der Waals surface area contributed by atoms with Crippen LogP contribution in [0.1, 0.15) is 19.4 Å². The first kappa shape index (κ1) is 27.9. The van der Waals surface area contributed by atoms with Gasteiger partial charge in [-0.3, -0.25) is 4.90 Å². The van der Waals surface area contributed by atoms with Crippen LogP contribution in [0.2, 0.25) is 0 Å². The number of hydrogen-bond donors (Lipinski definition) is 3. The van der Waals surface area contributed by atoms with Crippen molar-refractivity contribution in [1.82, 2.24) is 25.3 Å². The molecule has 0 aliphatic carbocycles. The second kappa shape index (κ2) is 10.6. The molecule has 0 radical (unpaired) electrons. The summed E-state index contributed by atoms with van der Waals surface area (Å²) in [7, 11) is 3.33. The highest BCUT2D eigenvalue weighted by Crippen LogP contribution is 2.36. The SMILES string of the molecule is COc1cc2nn(C)nc2cc1NC(=O)N1CCc2c(N3CCNC(C)(C)C3)ccnc21.O=C(O)C(F)(F)F. The largest absolute Gasteiger partial charge is 0.494 e. The lowest BCUT2D eigenvalue weighted by molar-refractivity contribution is -0.192. The molecular weight excluding hydrogens is 521 g/mol. The Bertz CT molecular complexity index is 1390. The number of ether oxygens (including phenoxy) is 1. The summed E-state index contributed by atoms with van der Waals surface area (Å²) < 4.78 is 37.2. The minimum atomic E-state index is -5.08. The highest BCUT2D eigenvalue weighted by molar-refractivity contribution is 6.04. The maximum absolute atomic E-state index is 13.2. The Balaban J connectivity index is 0.000000448. The fraction of sp³-hybridized carbons (Fsp3) is 0.458. The zero-order valence-electron chi connectivity index (χ0n) is 21.8. The molecule has 15 heteroatoms. The van der Waals surface area contributed by atoms with Crippen LogP contribution in [0.3, 0.4) is 0 Å². The first-order chi connectivity index (χ1) is 18.3. The predicted octanol–water partition coefficient (Wildman–Crippen LogP) is 2.79. The molecule has 2 aliphatic heterocycles. The van der Waals surface area contributed by atoms with Gasteiger partial charge in [-0.15, -0.1) is 0 Å². The van der Waals surface area contributed by atoms with E-state index in [9.17, 15) is 18.0 Å². The van der Waals surface area contributed by atoms with E-state index < -0.39 is 12.1 Å². The number of methoxy groups -OCH3 is 1. The lowest BCUT2D eigenvalue weighted by Gasteiger charge is -2.41. The lowest BCUT2D eigenvalue weighted by Crippen LogP contribution is -2.57. The van der Waals surface area contributed by atoms with Crippen LogP contribution in [0.15, 0.2) is 24.4 Å². The smallest absolute Gasteiger partial charge is 0.490 e. The number of nitrogens with one attached hydrogen (secondary N) is 2. The molecule has 0 saturated carbocycles. The summed E-state index contributed by atoms with van der Waals surface area (Å²) >= 11 is 0. The van der Waals surface area contributed by atoms with Gasteiger partial charge in [0.05, 0.1) is 12.8 Å². The number of anilines is 3. The van der Waals surface area contributed by atoms with Crippen LogP contribution >= 0.6 is 0 Å². The van der Waals surface area contributed by atoms with Gasteiger partial charge in [0.1, 0.15) is 22.6 Å². The van der Waals surface area contributed by atoms with Crippen molar-refractivity contribution in [2.75, 3.05) is 48.4 Å². The monoisotopic (exact) mass is 550 g/mol. The number of halogens is 3. The number of carboxylic acid groups (broad SMARTS) is 1. The Hall–Kier alpha value is -4.14. The molecule has 0 atom stereocenters. The number of carbonyl (C=O) groups is 2. The standard InChI is InChI=1S/C22H28N8O2.C2HF3O2/c1-22(2)13-29(10-8-24-22)18-5-7-23-20-14(18)6-9-30(20)21(31)25-17-11-15-16(12-19(17)32-4)27-28(3)26-15;3-2(4,5)1(6)7/h5,7,11-12,24H,6,8-10,13H2,1-4H3,(H,25,31);(H,6,7). The summed E-state index contributed by atoms with van der Waals surface area (Å²) in [5, 5.41) is 22.3. The van der Waals surface area contributed by atoms with Crippen molar-refractivity contribution in [1.29, 1.82) is 0 Å². The molecule has 3 N–H and O–H groups in total. The first-order valence-electron chi connectivity index (χ1n) is 12.0. The Kier molecular flexibility index (Phi) is 7.54. The number of aryl methyl sites for hydroxylation is 1. The van der Waals surface area contributed by atoms with Crippen LogP contribution in [0.5, 0.6) is 5.75 Å².